The lowest BCUT2D eigenvalue weighted by atomic mass is 10.0. The molecule has 11 nitrogen and oxygen atoms in total. The molecule has 6 aromatic heterocycles. The Hall–Kier alpha value is -4.58. The van der Waals surface area contributed by atoms with Gasteiger partial charge < -0.3 is 10.8 Å². The van der Waals surface area contributed by atoms with Crippen LogP contribution in [0.3, 0.4) is 0 Å². The van der Waals surface area contributed by atoms with Crippen LogP contribution in [0, 0.1) is 0 Å². The van der Waals surface area contributed by atoms with Crippen molar-refractivity contribution in [1.29, 1.82) is 0 Å². The van der Waals surface area contributed by atoms with Gasteiger partial charge in [-0.2, -0.15) is 10.2 Å². The molecular formula is C26H24N10O. The van der Waals surface area contributed by atoms with Gasteiger partial charge in [-0.05, 0) is 50.2 Å². The van der Waals surface area contributed by atoms with Crippen molar-refractivity contribution in [3.63, 3.8) is 0 Å². The van der Waals surface area contributed by atoms with Gasteiger partial charge in [0.15, 0.2) is 11.3 Å². The molecule has 0 amide bonds. The number of nitrogens with two attached hydrogens (primary N) is 2. The first kappa shape index (κ1) is 22.9. The Morgan fingerprint density at radius 2 is 1.70 bits per heavy atom. The second-order valence-corrected chi connectivity index (χ2v) is 9.06. The standard InChI is InChI=1S/C26H24N10O/c1-15(27)16-12-23-31-14-21(36(23)34-24(16)19-6-3-4-9-29-19)18-7-5-8-20(32-18)25-17(26(2,28)37)13-22-30-10-11-35(22)33-25/h3-15,37H,27-28H2,1-2H3/t15-,26?/m1/s1. The van der Waals surface area contributed by atoms with Crippen LogP contribution in [0.5, 0.6) is 0 Å². The third kappa shape index (κ3) is 4.00. The van der Waals surface area contributed by atoms with E-state index in [0.717, 1.165) is 5.56 Å². The van der Waals surface area contributed by atoms with Crippen molar-refractivity contribution in [1.82, 2.24) is 39.2 Å². The van der Waals surface area contributed by atoms with Crippen LogP contribution >= 0.6 is 0 Å². The number of aliphatic hydroxyl groups is 1. The van der Waals surface area contributed by atoms with E-state index in [4.69, 9.17) is 21.5 Å². The summed E-state index contributed by atoms with van der Waals surface area (Å²) in [5.41, 5.74) is 16.8. The van der Waals surface area contributed by atoms with E-state index in [1.165, 1.54) is 6.92 Å². The van der Waals surface area contributed by atoms with Crippen molar-refractivity contribution in [3.05, 3.63) is 84.4 Å². The highest BCUT2D eigenvalue weighted by molar-refractivity contribution is 5.69. The molecule has 0 saturated heterocycles. The van der Waals surface area contributed by atoms with Crippen LogP contribution in [0.4, 0.5) is 0 Å². The van der Waals surface area contributed by atoms with E-state index in [0.29, 0.717) is 51.0 Å². The lowest BCUT2D eigenvalue weighted by Gasteiger charge is -2.20. The molecule has 0 radical (unpaired) electrons. The van der Waals surface area contributed by atoms with Crippen LogP contribution in [0.2, 0.25) is 0 Å². The van der Waals surface area contributed by atoms with Crippen LogP contribution in [0.15, 0.2) is 73.3 Å². The summed E-state index contributed by atoms with van der Waals surface area (Å²) in [6.07, 6.45) is 6.79. The molecule has 0 fully saturated rings. The minimum absolute atomic E-state index is 0.261. The van der Waals surface area contributed by atoms with Gasteiger partial charge in [-0.3, -0.25) is 10.7 Å². The summed E-state index contributed by atoms with van der Waals surface area (Å²) < 4.78 is 3.35. The minimum atomic E-state index is -1.65. The van der Waals surface area contributed by atoms with Crippen molar-refractivity contribution in [2.45, 2.75) is 25.6 Å². The van der Waals surface area contributed by atoms with Crippen molar-refractivity contribution < 1.29 is 5.11 Å². The summed E-state index contributed by atoms with van der Waals surface area (Å²) in [5.74, 6) is 0. The average Bonchev–Trinajstić information content (AvgIpc) is 3.53. The Morgan fingerprint density at radius 3 is 2.46 bits per heavy atom. The zero-order valence-corrected chi connectivity index (χ0v) is 20.2. The maximum atomic E-state index is 10.7. The van der Waals surface area contributed by atoms with Crippen LogP contribution in [-0.4, -0.2) is 44.3 Å². The lowest BCUT2D eigenvalue weighted by molar-refractivity contribution is 0.0649. The molecule has 184 valence electrons. The van der Waals surface area contributed by atoms with Gasteiger partial charge in [0.05, 0.1) is 23.3 Å². The van der Waals surface area contributed by atoms with Gasteiger partial charge in [-0.15, -0.1) is 0 Å². The fraction of sp³-hybridized carbons (Fsp3) is 0.154. The largest absolute Gasteiger partial charge is 0.372 e. The van der Waals surface area contributed by atoms with Crippen LogP contribution in [0.1, 0.15) is 31.0 Å². The topological polar surface area (TPSA) is 158 Å². The molecule has 0 bridgehead atoms. The number of pyridine rings is 2. The molecule has 0 spiro atoms. The zero-order chi connectivity index (χ0) is 25.7. The van der Waals surface area contributed by atoms with Gasteiger partial charge in [-0.1, -0.05) is 12.1 Å². The van der Waals surface area contributed by atoms with Gasteiger partial charge in [0.1, 0.15) is 22.8 Å². The molecule has 11 heteroatoms. The number of fused-ring (bicyclic) bond motifs is 2. The van der Waals surface area contributed by atoms with Gasteiger partial charge in [0.25, 0.3) is 0 Å². The highest BCUT2D eigenvalue weighted by atomic mass is 16.3. The Kier molecular flexibility index (Phi) is 5.26. The van der Waals surface area contributed by atoms with Gasteiger partial charge in [0, 0.05) is 35.8 Å². The first-order valence-electron chi connectivity index (χ1n) is 11.7. The number of hydrogen-bond donors (Lipinski definition) is 3. The second-order valence-electron chi connectivity index (χ2n) is 9.06. The van der Waals surface area contributed by atoms with Crippen LogP contribution < -0.4 is 11.5 Å². The SMILES string of the molecule is C[C@@H](N)c1cc2ncc(-c3cccc(-c4nn5ccnc5cc4C(C)(N)O)n3)n2nc1-c1ccccn1. The van der Waals surface area contributed by atoms with Crippen LogP contribution in [0.25, 0.3) is 45.5 Å². The predicted octanol–water partition coefficient (Wildman–Crippen LogP) is 2.71. The summed E-state index contributed by atoms with van der Waals surface area (Å²) in [6.45, 7) is 3.41. The van der Waals surface area contributed by atoms with E-state index < -0.39 is 5.72 Å². The van der Waals surface area contributed by atoms with E-state index in [-0.39, 0.29) is 6.04 Å². The summed E-state index contributed by atoms with van der Waals surface area (Å²) >= 11 is 0. The summed E-state index contributed by atoms with van der Waals surface area (Å²) in [5, 5.41) is 20.2. The lowest BCUT2D eigenvalue weighted by Crippen LogP contribution is -2.33. The Labute approximate surface area is 211 Å². The van der Waals surface area contributed by atoms with Crippen LogP contribution in [-0.2, 0) is 5.72 Å². The Balaban J connectivity index is 1.53. The molecule has 6 rings (SSSR count). The van der Waals surface area contributed by atoms with Crippen molar-refractivity contribution in [3.8, 4) is 34.2 Å². The molecule has 0 aliphatic carbocycles. The number of nitrogens with zero attached hydrogens (tertiary/aromatic N) is 8. The highest BCUT2D eigenvalue weighted by Gasteiger charge is 2.25. The molecule has 0 saturated carbocycles. The molecule has 1 unspecified atom stereocenters. The summed E-state index contributed by atoms with van der Waals surface area (Å²) in [6, 6.07) is 14.6. The predicted molar refractivity (Wildman–Crippen MR) is 138 cm³/mol. The van der Waals surface area contributed by atoms with E-state index in [9.17, 15) is 5.11 Å². The number of rotatable bonds is 5. The number of imidazole rings is 2. The average molecular weight is 493 g/mol. The first-order chi connectivity index (χ1) is 17.8. The fourth-order valence-corrected chi connectivity index (χ4v) is 4.29. The normalized spacial score (nSPS) is 14.2. The molecular weight excluding hydrogens is 468 g/mol. The van der Waals surface area contributed by atoms with Crippen molar-refractivity contribution in [2.75, 3.05) is 0 Å². The monoisotopic (exact) mass is 492 g/mol. The summed E-state index contributed by atoms with van der Waals surface area (Å²) in [4.78, 5) is 18.1. The maximum absolute atomic E-state index is 10.7. The van der Waals surface area contributed by atoms with E-state index in [1.807, 2.05) is 49.4 Å². The molecule has 2 atom stereocenters. The number of hydrogen-bond acceptors (Lipinski definition) is 9. The maximum Gasteiger partial charge on any atom is 0.154 e. The van der Waals surface area contributed by atoms with Crippen molar-refractivity contribution in [2.24, 2.45) is 11.5 Å². The quantitative estimate of drug-likeness (QED) is 0.308. The molecule has 0 aromatic carbocycles. The molecule has 0 aliphatic heterocycles. The molecule has 5 N–H and O–H groups in total. The van der Waals surface area contributed by atoms with Gasteiger partial charge in [-0.25, -0.2) is 24.0 Å². The highest BCUT2D eigenvalue weighted by Crippen LogP contribution is 2.30. The third-order valence-corrected chi connectivity index (χ3v) is 6.11. The van der Waals surface area contributed by atoms with Crippen molar-refractivity contribution >= 4 is 11.3 Å². The van der Waals surface area contributed by atoms with E-state index >= 15 is 0 Å². The first-order valence-corrected chi connectivity index (χ1v) is 11.7. The van der Waals surface area contributed by atoms with Gasteiger partial charge >= 0.3 is 0 Å². The zero-order valence-electron chi connectivity index (χ0n) is 20.2. The fourth-order valence-electron chi connectivity index (χ4n) is 4.29. The molecule has 6 heterocycles. The summed E-state index contributed by atoms with van der Waals surface area (Å²) in [7, 11) is 0. The molecule has 37 heavy (non-hydrogen) atoms. The second kappa shape index (κ2) is 8.52. The Morgan fingerprint density at radius 1 is 0.892 bits per heavy atom. The third-order valence-electron chi connectivity index (χ3n) is 6.11. The smallest absolute Gasteiger partial charge is 0.154 e. The Bertz CT molecular complexity index is 1750. The van der Waals surface area contributed by atoms with E-state index in [2.05, 4.69) is 20.1 Å². The number of aromatic nitrogens is 8. The molecule has 6 aromatic rings. The molecule has 0 aliphatic rings. The van der Waals surface area contributed by atoms with Gasteiger partial charge in [0.2, 0.25) is 0 Å². The van der Waals surface area contributed by atoms with E-state index in [1.54, 1.807) is 39.9 Å². The minimum Gasteiger partial charge on any atom is -0.372 e.